The van der Waals surface area contributed by atoms with Crippen LogP contribution in [0, 0.1) is 40.5 Å². The summed E-state index contributed by atoms with van der Waals surface area (Å²) >= 11 is 0. The first-order chi connectivity index (χ1) is 18.5. The van der Waals surface area contributed by atoms with Gasteiger partial charge in [-0.05, 0) is 52.5 Å². The fraction of sp³-hybridized carbons (Fsp3) is 0.406. The van der Waals surface area contributed by atoms with Gasteiger partial charge < -0.3 is 10.2 Å². The van der Waals surface area contributed by atoms with Crippen LogP contribution >= 0.6 is 0 Å². The number of carbonyl (C=O) groups excluding carboxylic acids is 1. The number of fused-ring (bicyclic) bond motifs is 4. The molecule has 1 aliphatic carbocycles. The number of halogens is 4. The Hall–Kier alpha value is -3.35. The van der Waals surface area contributed by atoms with Gasteiger partial charge in [0.2, 0.25) is 0 Å². The van der Waals surface area contributed by atoms with Crippen molar-refractivity contribution in [2.45, 2.75) is 53.0 Å². The van der Waals surface area contributed by atoms with Crippen LogP contribution < -0.4 is 10.2 Å². The molecule has 3 aromatic rings. The molecule has 1 N–H and O–H groups in total. The van der Waals surface area contributed by atoms with E-state index in [0.29, 0.717) is 30.8 Å². The largest absolute Gasteiger partial charge is 0.373 e. The summed E-state index contributed by atoms with van der Waals surface area (Å²) in [5.74, 6) is -5.77. The number of piperidine rings is 1. The van der Waals surface area contributed by atoms with Crippen molar-refractivity contribution >= 4 is 33.5 Å². The van der Waals surface area contributed by atoms with Gasteiger partial charge in [0.1, 0.15) is 5.69 Å². The van der Waals surface area contributed by atoms with Crippen molar-refractivity contribution in [3.05, 3.63) is 76.4 Å². The molecular weight excluding hydrogens is 504 g/mol. The maximum Gasteiger partial charge on any atom is 0.185 e. The maximum absolute atomic E-state index is 15.9. The third-order valence-electron chi connectivity index (χ3n) is 8.49. The van der Waals surface area contributed by atoms with E-state index in [2.05, 4.69) is 5.32 Å². The van der Waals surface area contributed by atoms with Gasteiger partial charge in [0.05, 0.1) is 11.6 Å². The number of carbonyl (C=O) groups is 1. The van der Waals surface area contributed by atoms with E-state index >= 15 is 17.6 Å². The number of hydrogen-bond acceptors (Lipinski definition) is 3. The lowest BCUT2D eigenvalue weighted by Gasteiger charge is -2.40. The number of benzene rings is 3. The second-order valence-electron chi connectivity index (χ2n) is 12.5. The lowest BCUT2D eigenvalue weighted by molar-refractivity contribution is -0.118. The average Bonchev–Trinajstić information content (AvgIpc) is 2.86. The number of rotatable bonds is 2. The second-order valence-corrected chi connectivity index (χ2v) is 12.5. The fourth-order valence-corrected chi connectivity index (χ4v) is 7.07. The monoisotopic (exact) mass is 536 g/mol. The van der Waals surface area contributed by atoms with Crippen LogP contribution in [0.25, 0.3) is 16.3 Å². The van der Waals surface area contributed by atoms with Gasteiger partial charge in [0, 0.05) is 36.3 Å². The molecule has 2 aliphatic heterocycles. The molecule has 1 saturated heterocycles. The Balaban J connectivity index is 1.57. The normalized spacial score (nSPS) is 24.5. The van der Waals surface area contributed by atoms with E-state index in [-0.39, 0.29) is 35.0 Å². The Kier molecular flexibility index (Phi) is 6.05. The minimum absolute atomic E-state index is 0.126. The first-order valence-electron chi connectivity index (χ1n) is 13.6. The van der Waals surface area contributed by atoms with Crippen molar-refractivity contribution in [1.29, 1.82) is 0 Å². The van der Waals surface area contributed by atoms with Gasteiger partial charge in [-0.1, -0.05) is 58.0 Å². The van der Waals surface area contributed by atoms with Crippen molar-refractivity contribution in [2.24, 2.45) is 17.3 Å². The minimum atomic E-state index is -1.46. The summed E-state index contributed by atoms with van der Waals surface area (Å²) in [5, 5.41) is 4.97. The van der Waals surface area contributed by atoms with E-state index in [1.54, 1.807) is 6.07 Å². The van der Waals surface area contributed by atoms with Crippen molar-refractivity contribution in [1.82, 2.24) is 0 Å². The zero-order valence-corrected chi connectivity index (χ0v) is 22.6. The standard InChI is InChI=1S/C32H32F4N2O/c1-16-11-17(2)15-38(14-16)31-28(35)26(33)25(27(34)29(31)36)30-24-20(12-32(3,4)13-22(24)39)23-19-8-6-5-7-18(19)9-10-21(23)37-30/h5-10,16-17,30,37H,11-15H2,1-4H3/t16-,17-,30+/m1/s1. The van der Waals surface area contributed by atoms with Crippen LogP contribution in [-0.4, -0.2) is 18.9 Å². The van der Waals surface area contributed by atoms with Crippen molar-refractivity contribution in [2.75, 3.05) is 23.3 Å². The smallest absolute Gasteiger partial charge is 0.185 e. The van der Waals surface area contributed by atoms with E-state index in [1.807, 2.05) is 58.0 Å². The van der Waals surface area contributed by atoms with Crippen molar-refractivity contribution in [3.8, 4) is 0 Å². The minimum Gasteiger partial charge on any atom is -0.373 e. The number of allylic oxidation sites excluding steroid dienone is 1. The van der Waals surface area contributed by atoms with Gasteiger partial charge in [-0.15, -0.1) is 0 Å². The van der Waals surface area contributed by atoms with E-state index < -0.39 is 40.6 Å². The van der Waals surface area contributed by atoms with E-state index in [9.17, 15) is 4.79 Å². The van der Waals surface area contributed by atoms with Crippen LogP contribution in [0.4, 0.5) is 28.9 Å². The first-order valence-corrected chi connectivity index (χ1v) is 13.6. The van der Waals surface area contributed by atoms with Crippen LogP contribution in [-0.2, 0) is 4.79 Å². The SMILES string of the molecule is C[C@@H]1C[C@@H](C)CN(c2c(F)c(F)c([C@H]3Nc4ccc5ccccc5c4C4=C3C(=O)CC(C)(C)C4)c(F)c2F)C1. The Morgan fingerprint density at radius 1 is 0.872 bits per heavy atom. The molecule has 7 heteroatoms. The molecule has 204 valence electrons. The molecule has 3 aromatic carbocycles. The van der Waals surface area contributed by atoms with Crippen molar-refractivity contribution in [3.63, 3.8) is 0 Å². The summed E-state index contributed by atoms with van der Waals surface area (Å²) in [4.78, 5) is 15.0. The third-order valence-corrected chi connectivity index (χ3v) is 8.49. The molecule has 0 amide bonds. The topological polar surface area (TPSA) is 32.3 Å². The second kappa shape index (κ2) is 9.10. The summed E-state index contributed by atoms with van der Waals surface area (Å²) in [6.45, 7) is 8.48. The lowest BCUT2D eigenvalue weighted by atomic mass is 9.67. The van der Waals surface area contributed by atoms with Crippen LogP contribution in [0.5, 0.6) is 0 Å². The van der Waals surface area contributed by atoms with E-state index in [4.69, 9.17) is 0 Å². The molecule has 0 bridgehead atoms. The van der Waals surface area contributed by atoms with Gasteiger partial charge >= 0.3 is 0 Å². The van der Waals surface area contributed by atoms with E-state index in [0.717, 1.165) is 22.8 Å². The number of Topliss-reactive ketones (excluding diaryl/α,β-unsaturated/α-hetero) is 1. The molecular formula is C32H32F4N2O. The molecule has 3 aliphatic rings. The van der Waals surface area contributed by atoms with Gasteiger partial charge in [0.15, 0.2) is 29.1 Å². The summed E-state index contributed by atoms with van der Waals surface area (Å²) in [6.07, 6.45) is 1.53. The molecule has 0 saturated carbocycles. The van der Waals surface area contributed by atoms with Gasteiger partial charge in [-0.2, -0.15) is 0 Å². The fourth-order valence-electron chi connectivity index (χ4n) is 7.07. The number of nitrogens with one attached hydrogen (secondary N) is 1. The number of hydrogen-bond donors (Lipinski definition) is 1. The van der Waals surface area contributed by atoms with Crippen LogP contribution in [0.1, 0.15) is 64.1 Å². The third kappa shape index (κ3) is 4.12. The Bertz CT molecular complexity index is 1520. The molecule has 6 rings (SSSR count). The molecule has 2 heterocycles. The van der Waals surface area contributed by atoms with Crippen LogP contribution in [0.2, 0.25) is 0 Å². The number of nitrogens with zero attached hydrogens (tertiary/aromatic N) is 1. The molecule has 0 spiro atoms. The van der Waals surface area contributed by atoms with Crippen molar-refractivity contribution < 1.29 is 22.4 Å². The zero-order valence-electron chi connectivity index (χ0n) is 22.6. The molecule has 3 nitrogen and oxygen atoms in total. The Morgan fingerprint density at radius 2 is 1.51 bits per heavy atom. The molecule has 0 aromatic heterocycles. The highest BCUT2D eigenvalue weighted by Crippen LogP contribution is 2.53. The van der Waals surface area contributed by atoms with Gasteiger partial charge in [-0.3, -0.25) is 4.79 Å². The first kappa shape index (κ1) is 25.9. The molecule has 0 unspecified atom stereocenters. The Morgan fingerprint density at radius 3 is 2.18 bits per heavy atom. The highest BCUT2D eigenvalue weighted by molar-refractivity contribution is 6.12. The van der Waals surface area contributed by atoms with E-state index in [1.165, 1.54) is 4.90 Å². The summed E-state index contributed by atoms with van der Waals surface area (Å²) in [6, 6.07) is 10.1. The molecule has 1 fully saturated rings. The Labute approximate surface area is 225 Å². The van der Waals surface area contributed by atoms with Gasteiger partial charge in [0.25, 0.3) is 0 Å². The number of ketones is 1. The molecule has 3 atom stereocenters. The van der Waals surface area contributed by atoms with Crippen LogP contribution in [0.3, 0.4) is 0 Å². The lowest BCUT2D eigenvalue weighted by Crippen LogP contribution is -2.40. The zero-order chi connectivity index (χ0) is 27.8. The van der Waals surface area contributed by atoms with Crippen LogP contribution in [0.15, 0.2) is 42.0 Å². The quantitative estimate of drug-likeness (QED) is 0.265. The average molecular weight is 537 g/mol. The molecule has 39 heavy (non-hydrogen) atoms. The predicted octanol–water partition coefficient (Wildman–Crippen LogP) is 8.19. The summed E-state index contributed by atoms with van der Waals surface area (Å²) < 4.78 is 63.2. The summed E-state index contributed by atoms with van der Waals surface area (Å²) in [7, 11) is 0. The van der Waals surface area contributed by atoms with Gasteiger partial charge in [-0.25, -0.2) is 17.6 Å². The highest BCUT2D eigenvalue weighted by atomic mass is 19.2. The molecule has 0 radical (unpaired) electrons. The summed E-state index contributed by atoms with van der Waals surface area (Å²) in [5.41, 5.74) is 0.397. The number of anilines is 2. The highest BCUT2D eigenvalue weighted by Gasteiger charge is 2.44. The maximum atomic E-state index is 15.9. The predicted molar refractivity (Wildman–Crippen MR) is 147 cm³/mol.